The summed E-state index contributed by atoms with van der Waals surface area (Å²) in [6.45, 7) is 2.06. The lowest BCUT2D eigenvalue weighted by atomic mass is 10.1. The average Bonchev–Trinajstić information content (AvgIpc) is 2.61. The molecule has 0 unspecified atom stereocenters. The average molecular weight is 335 g/mol. The molecule has 4 rings (SSSR count). The highest BCUT2D eigenvalue weighted by Gasteiger charge is 2.25. The van der Waals surface area contributed by atoms with Crippen molar-refractivity contribution in [2.24, 2.45) is 0 Å². The fraction of sp³-hybridized carbons (Fsp3) is 0.250. The summed E-state index contributed by atoms with van der Waals surface area (Å²) < 4.78 is 0. The number of nitrogens with zero attached hydrogens (tertiary/aromatic N) is 3. The smallest absolute Gasteiger partial charge is 0.147 e. The Morgan fingerprint density at radius 2 is 1.92 bits per heavy atom. The molecule has 0 aliphatic carbocycles. The van der Waals surface area contributed by atoms with Crippen molar-refractivity contribution in [3.05, 3.63) is 54.7 Å². The molecule has 1 aromatic heterocycles. The van der Waals surface area contributed by atoms with Crippen molar-refractivity contribution in [2.75, 3.05) is 32.1 Å². The number of fused-ring (bicyclic) bond motifs is 4. The molecule has 0 N–H and O–H groups in total. The van der Waals surface area contributed by atoms with Gasteiger partial charge in [0, 0.05) is 17.6 Å². The molecule has 0 fully saturated rings. The van der Waals surface area contributed by atoms with Crippen molar-refractivity contribution in [2.45, 2.75) is 16.2 Å². The van der Waals surface area contributed by atoms with E-state index < -0.39 is 0 Å². The highest BCUT2D eigenvalue weighted by Crippen LogP contribution is 2.49. The van der Waals surface area contributed by atoms with E-state index in [-0.39, 0.29) is 0 Å². The highest BCUT2D eigenvalue weighted by atomic mass is 32.2. The van der Waals surface area contributed by atoms with Gasteiger partial charge in [0.25, 0.3) is 0 Å². The lowest BCUT2D eigenvalue weighted by Crippen LogP contribution is -2.26. The first-order valence-electron chi connectivity index (χ1n) is 8.31. The van der Waals surface area contributed by atoms with E-state index in [1.165, 1.54) is 26.3 Å². The monoisotopic (exact) mass is 335 g/mol. The van der Waals surface area contributed by atoms with Crippen molar-refractivity contribution in [3.8, 4) is 0 Å². The molecule has 0 saturated carbocycles. The molecule has 1 aliphatic heterocycles. The SMILES string of the molecule is CN(C)CCCN1c2ccc3ccccc3c2Sc2cccnc21. The number of rotatable bonds is 4. The van der Waals surface area contributed by atoms with Crippen LogP contribution in [0.5, 0.6) is 0 Å². The number of benzene rings is 2. The fourth-order valence-electron chi connectivity index (χ4n) is 3.21. The number of aromatic nitrogens is 1. The van der Waals surface area contributed by atoms with Gasteiger partial charge in [-0.05, 0) is 56.0 Å². The molecule has 122 valence electrons. The van der Waals surface area contributed by atoms with E-state index in [1.807, 2.05) is 24.0 Å². The molecule has 0 bridgehead atoms. The molecule has 4 heteroatoms. The van der Waals surface area contributed by atoms with E-state index in [1.54, 1.807) is 0 Å². The lowest BCUT2D eigenvalue weighted by molar-refractivity contribution is 0.402. The Balaban J connectivity index is 1.80. The molecular formula is C20H21N3S. The standard InChI is InChI=1S/C20H21N3S/c1-22(2)13-6-14-23-17-11-10-15-7-3-4-8-16(15)19(17)24-18-9-5-12-21-20(18)23/h3-5,7-12H,6,13-14H2,1-2H3. The van der Waals surface area contributed by atoms with Gasteiger partial charge in [-0.2, -0.15) is 0 Å². The second-order valence-electron chi connectivity index (χ2n) is 6.37. The predicted octanol–water partition coefficient (Wildman–Crippen LogP) is 4.79. The third-order valence-electron chi connectivity index (χ3n) is 4.36. The zero-order valence-electron chi connectivity index (χ0n) is 14.1. The lowest BCUT2D eigenvalue weighted by Gasteiger charge is -2.32. The van der Waals surface area contributed by atoms with Crippen LogP contribution >= 0.6 is 11.8 Å². The van der Waals surface area contributed by atoms with Crippen molar-refractivity contribution in [1.82, 2.24) is 9.88 Å². The third-order valence-corrected chi connectivity index (χ3v) is 5.53. The largest absolute Gasteiger partial charge is 0.324 e. The zero-order chi connectivity index (χ0) is 16.5. The van der Waals surface area contributed by atoms with Crippen LogP contribution in [-0.4, -0.2) is 37.1 Å². The van der Waals surface area contributed by atoms with Crippen molar-refractivity contribution < 1.29 is 0 Å². The summed E-state index contributed by atoms with van der Waals surface area (Å²) in [6, 6.07) is 17.3. The molecule has 1 aliphatic rings. The van der Waals surface area contributed by atoms with Gasteiger partial charge in [-0.15, -0.1) is 0 Å². The molecular weight excluding hydrogens is 314 g/mol. The summed E-state index contributed by atoms with van der Waals surface area (Å²) >= 11 is 1.84. The summed E-state index contributed by atoms with van der Waals surface area (Å²) in [5, 5.41) is 2.62. The summed E-state index contributed by atoms with van der Waals surface area (Å²) in [4.78, 5) is 11.9. The van der Waals surface area contributed by atoms with Crippen molar-refractivity contribution >= 4 is 34.0 Å². The van der Waals surface area contributed by atoms with Crippen LogP contribution in [0.25, 0.3) is 10.8 Å². The van der Waals surface area contributed by atoms with Crippen LogP contribution in [0, 0.1) is 0 Å². The van der Waals surface area contributed by atoms with E-state index in [0.717, 1.165) is 25.3 Å². The Morgan fingerprint density at radius 3 is 2.79 bits per heavy atom. The van der Waals surface area contributed by atoms with Gasteiger partial charge in [-0.3, -0.25) is 0 Å². The molecule has 2 aromatic carbocycles. The molecule has 0 spiro atoms. The van der Waals surface area contributed by atoms with Gasteiger partial charge in [0.15, 0.2) is 0 Å². The van der Waals surface area contributed by atoms with Gasteiger partial charge >= 0.3 is 0 Å². The Bertz CT molecular complexity index is 876. The molecule has 0 radical (unpaired) electrons. The summed E-state index contributed by atoms with van der Waals surface area (Å²) in [7, 11) is 4.25. The highest BCUT2D eigenvalue weighted by molar-refractivity contribution is 8.00. The Morgan fingerprint density at radius 1 is 1.04 bits per heavy atom. The number of pyridine rings is 1. The molecule has 0 amide bonds. The fourth-order valence-corrected chi connectivity index (χ4v) is 4.41. The van der Waals surface area contributed by atoms with Crippen LogP contribution in [-0.2, 0) is 0 Å². The Kier molecular flexibility index (Phi) is 4.17. The second kappa shape index (κ2) is 6.46. The Labute approximate surface area is 147 Å². The van der Waals surface area contributed by atoms with Crippen LogP contribution in [0.1, 0.15) is 6.42 Å². The van der Waals surface area contributed by atoms with Gasteiger partial charge < -0.3 is 9.80 Å². The first-order valence-corrected chi connectivity index (χ1v) is 9.12. The first kappa shape index (κ1) is 15.5. The van der Waals surface area contributed by atoms with Gasteiger partial charge in [-0.25, -0.2) is 4.98 Å². The van der Waals surface area contributed by atoms with E-state index in [2.05, 4.69) is 71.3 Å². The molecule has 24 heavy (non-hydrogen) atoms. The van der Waals surface area contributed by atoms with Crippen LogP contribution in [0.2, 0.25) is 0 Å². The van der Waals surface area contributed by atoms with Crippen molar-refractivity contribution in [1.29, 1.82) is 0 Å². The summed E-state index contributed by atoms with van der Waals surface area (Å²) in [5.41, 5.74) is 1.28. The molecule has 0 saturated heterocycles. The molecule has 3 aromatic rings. The number of anilines is 2. The van der Waals surface area contributed by atoms with Gasteiger partial charge in [-0.1, -0.05) is 42.1 Å². The van der Waals surface area contributed by atoms with E-state index in [9.17, 15) is 0 Å². The van der Waals surface area contributed by atoms with Crippen LogP contribution in [0.15, 0.2) is 64.5 Å². The van der Waals surface area contributed by atoms with E-state index in [0.29, 0.717) is 0 Å². The van der Waals surface area contributed by atoms with Gasteiger partial charge in [0.2, 0.25) is 0 Å². The number of hydrogen-bond donors (Lipinski definition) is 0. The van der Waals surface area contributed by atoms with Crippen molar-refractivity contribution in [3.63, 3.8) is 0 Å². The van der Waals surface area contributed by atoms with E-state index >= 15 is 0 Å². The van der Waals surface area contributed by atoms with Gasteiger partial charge in [0.1, 0.15) is 5.82 Å². The molecule has 3 nitrogen and oxygen atoms in total. The quantitative estimate of drug-likeness (QED) is 0.682. The minimum atomic E-state index is 0.980. The van der Waals surface area contributed by atoms with Gasteiger partial charge in [0.05, 0.1) is 10.6 Å². The topological polar surface area (TPSA) is 19.4 Å². The second-order valence-corrected chi connectivity index (χ2v) is 7.42. The Hall–Kier alpha value is -2.04. The minimum absolute atomic E-state index is 0.980. The predicted molar refractivity (Wildman–Crippen MR) is 102 cm³/mol. The summed E-state index contributed by atoms with van der Waals surface area (Å²) in [5.74, 6) is 1.09. The number of hydrogen-bond acceptors (Lipinski definition) is 4. The summed E-state index contributed by atoms with van der Waals surface area (Å²) in [6.07, 6.45) is 3.00. The van der Waals surface area contributed by atoms with Crippen LogP contribution < -0.4 is 4.90 Å². The van der Waals surface area contributed by atoms with Crippen LogP contribution in [0.4, 0.5) is 11.5 Å². The first-order chi connectivity index (χ1) is 11.7. The normalized spacial score (nSPS) is 13.2. The maximum absolute atomic E-state index is 4.67. The van der Waals surface area contributed by atoms with E-state index in [4.69, 9.17) is 0 Å². The molecule has 2 heterocycles. The maximum Gasteiger partial charge on any atom is 0.147 e. The molecule has 0 atom stereocenters. The third kappa shape index (κ3) is 2.76. The van der Waals surface area contributed by atoms with Crippen LogP contribution in [0.3, 0.4) is 0 Å². The zero-order valence-corrected chi connectivity index (χ0v) is 14.9. The minimum Gasteiger partial charge on any atom is -0.324 e. The maximum atomic E-state index is 4.67.